The summed E-state index contributed by atoms with van der Waals surface area (Å²) in [5.74, 6) is -11.2. The van der Waals surface area contributed by atoms with Crippen molar-refractivity contribution in [1.82, 2.24) is 9.88 Å². The summed E-state index contributed by atoms with van der Waals surface area (Å²) < 4.78 is 66.3. The molecule has 2 amide bonds. The van der Waals surface area contributed by atoms with E-state index < -0.39 is 89.2 Å². The first kappa shape index (κ1) is 35.8. The average Bonchev–Trinajstić information content (AvgIpc) is 2.96. The summed E-state index contributed by atoms with van der Waals surface area (Å²) in [5.41, 5.74) is 4.02. The van der Waals surface area contributed by atoms with Crippen LogP contribution in [0.2, 0.25) is 5.02 Å². The van der Waals surface area contributed by atoms with Crippen LogP contribution in [0.15, 0.2) is 47.4 Å². The molecule has 46 heavy (non-hydrogen) atoms. The maximum absolute atomic E-state index is 14.1. The zero-order chi connectivity index (χ0) is 34.5. The molecule has 5 N–H and O–H groups in total. The van der Waals surface area contributed by atoms with Crippen LogP contribution >= 0.6 is 11.6 Å². The van der Waals surface area contributed by atoms with E-state index in [1.807, 2.05) is 0 Å². The van der Waals surface area contributed by atoms with E-state index in [1.165, 1.54) is 43.5 Å². The number of nitrogens with zero attached hydrogens (tertiary/aromatic N) is 1. The first-order valence-electron chi connectivity index (χ1n) is 13.6. The quantitative estimate of drug-likeness (QED) is 0.103. The van der Waals surface area contributed by atoms with E-state index >= 15 is 0 Å². The number of halogens is 5. The third-order valence-corrected chi connectivity index (χ3v) is 6.68. The topological polar surface area (TPSA) is 162 Å². The monoisotopic (exact) mass is 670 g/mol. The van der Waals surface area contributed by atoms with Gasteiger partial charge in [0.25, 0.3) is 11.5 Å². The van der Waals surface area contributed by atoms with E-state index in [-0.39, 0.29) is 28.0 Å². The van der Waals surface area contributed by atoms with Gasteiger partial charge in [0.15, 0.2) is 17.4 Å². The van der Waals surface area contributed by atoms with Crippen molar-refractivity contribution in [2.45, 2.75) is 57.9 Å². The number of aliphatic hydroxyl groups is 1. The van der Waals surface area contributed by atoms with Crippen LogP contribution in [0.3, 0.4) is 0 Å². The highest BCUT2D eigenvalue weighted by Gasteiger charge is 2.31. The van der Waals surface area contributed by atoms with Gasteiger partial charge in [0.05, 0.1) is 23.2 Å². The maximum atomic E-state index is 14.1. The molecule has 16 heteroatoms. The SMILES string of the molecule is CC(C(=O)NC(CC(=O)OC(C)(C)C)C(O)COc1c(F)c(F)cc(F)c1F)n1cccc(NC(=O)c2ccc(N)c(Cl)c2)c1=O. The number of ether oxygens (including phenoxy) is 2. The number of hydrogen-bond acceptors (Lipinski definition) is 8. The lowest BCUT2D eigenvalue weighted by Crippen LogP contribution is -2.50. The molecule has 3 rings (SSSR count). The Balaban J connectivity index is 1.82. The number of esters is 1. The summed E-state index contributed by atoms with van der Waals surface area (Å²) in [4.78, 5) is 51.7. The van der Waals surface area contributed by atoms with Gasteiger partial charge in [-0.05, 0) is 58.0 Å². The molecule has 0 aliphatic heterocycles. The molecule has 0 spiro atoms. The van der Waals surface area contributed by atoms with E-state index in [9.17, 15) is 41.8 Å². The number of carbonyl (C=O) groups excluding carboxylic acids is 3. The molecule has 0 fully saturated rings. The maximum Gasteiger partial charge on any atom is 0.308 e. The second kappa shape index (κ2) is 14.6. The van der Waals surface area contributed by atoms with Gasteiger partial charge in [0, 0.05) is 17.8 Å². The zero-order valence-electron chi connectivity index (χ0n) is 25.0. The molecular weight excluding hydrogens is 640 g/mol. The van der Waals surface area contributed by atoms with Crippen molar-refractivity contribution in [3.8, 4) is 5.75 Å². The molecule has 3 unspecified atom stereocenters. The van der Waals surface area contributed by atoms with Gasteiger partial charge in [-0.1, -0.05) is 11.6 Å². The number of nitrogen functional groups attached to an aromatic ring is 1. The van der Waals surface area contributed by atoms with Crippen molar-refractivity contribution < 1.29 is 46.5 Å². The van der Waals surface area contributed by atoms with Crippen molar-refractivity contribution in [3.05, 3.63) is 86.8 Å². The first-order chi connectivity index (χ1) is 21.4. The molecular formula is C30H31ClF4N4O7. The minimum atomic E-state index is -1.89. The first-order valence-corrected chi connectivity index (χ1v) is 14.0. The number of aliphatic hydroxyl groups excluding tert-OH is 1. The van der Waals surface area contributed by atoms with Crippen LogP contribution in [-0.2, 0) is 14.3 Å². The van der Waals surface area contributed by atoms with Crippen LogP contribution in [0.4, 0.5) is 28.9 Å². The Bertz CT molecular complexity index is 1670. The Labute approximate surface area is 265 Å². The molecule has 248 valence electrons. The summed E-state index contributed by atoms with van der Waals surface area (Å²) in [5, 5.41) is 15.7. The van der Waals surface area contributed by atoms with Crippen LogP contribution in [0.1, 0.15) is 50.5 Å². The molecule has 0 aliphatic rings. The summed E-state index contributed by atoms with van der Waals surface area (Å²) in [6.45, 7) is 4.95. The van der Waals surface area contributed by atoms with Gasteiger partial charge in [-0.25, -0.2) is 8.78 Å². The highest BCUT2D eigenvalue weighted by atomic mass is 35.5. The average molecular weight is 671 g/mol. The highest BCUT2D eigenvalue weighted by molar-refractivity contribution is 6.33. The number of rotatable bonds is 11. The number of amides is 2. The number of aromatic nitrogens is 1. The van der Waals surface area contributed by atoms with Crippen molar-refractivity contribution in [1.29, 1.82) is 0 Å². The van der Waals surface area contributed by atoms with Crippen LogP contribution in [0, 0.1) is 23.3 Å². The second-order valence-electron chi connectivity index (χ2n) is 11.1. The number of anilines is 2. The lowest BCUT2D eigenvalue weighted by molar-refractivity contribution is -0.156. The largest absolute Gasteiger partial charge is 0.485 e. The van der Waals surface area contributed by atoms with E-state index in [4.69, 9.17) is 26.8 Å². The number of benzene rings is 2. The second-order valence-corrected chi connectivity index (χ2v) is 11.5. The summed E-state index contributed by atoms with van der Waals surface area (Å²) in [6, 6.07) is 3.89. The van der Waals surface area contributed by atoms with Crippen molar-refractivity contribution in [3.63, 3.8) is 0 Å². The fraction of sp³-hybridized carbons (Fsp3) is 0.333. The molecule has 1 heterocycles. The number of nitrogens with two attached hydrogens (primary N) is 1. The standard InChI is InChI=1S/C30H31ClF4N4O7/c1-14(39-9-5-6-20(29(39)44)37-28(43)15-7-8-19(36)16(31)10-15)27(42)38-21(12-23(41)46-30(2,3)4)22(40)13-45-26-24(34)17(32)11-18(33)25(26)35/h5-11,14,21-22,40H,12-13,36H2,1-4H3,(H,37,43)(H,38,42). The normalized spacial score (nSPS) is 13.3. The Hall–Kier alpha value is -4.63. The van der Waals surface area contributed by atoms with Crippen molar-refractivity contribution in [2.24, 2.45) is 0 Å². The minimum absolute atomic E-state index is 0.0310. The minimum Gasteiger partial charge on any atom is -0.485 e. The van der Waals surface area contributed by atoms with Crippen molar-refractivity contribution in [2.75, 3.05) is 17.7 Å². The van der Waals surface area contributed by atoms with Gasteiger partial charge in [0.1, 0.15) is 30.0 Å². The van der Waals surface area contributed by atoms with Gasteiger partial charge in [0.2, 0.25) is 17.5 Å². The van der Waals surface area contributed by atoms with Gasteiger partial charge >= 0.3 is 5.97 Å². The van der Waals surface area contributed by atoms with Crippen molar-refractivity contribution >= 4 is 40.8 Å². The Morgan fingerprint density at radius 3 is 2.28 bits per heavy atom. The van der Waals surface area contributed by atoms with E-state index in [0.717, 1.165) is 4.57 Å². The summed E-state index contributed by atoms with van der Waals surface area (Å²) in [7, 11) is 0. The molecule has 2 aromatic carbocycles. The lowest BCUT2D eigenvalue weighted by Gasteiger charge is -2.27. The smallest absolute Gasteiger partial charge is 0.308 e. The van der Waals surface area contributed by atoms with Gasteiger partial charge in [-0.15, -0.1) is 0 Å². The Kier molecular flexibility index (Phi) is 11.4. The van der Waals surface area contributed by atoms with E-state index in [1.54, 1.807) is 20.8 Å². The zero-order valence-corrected chi connectivity index (χ0v) is 25.8. The Morgan fingerprint density at radius 1 is 1.07 bits per heavy atom. The molecule has 0 radical (unpaired) electrons. The summed E-state index contributed by atoms with van der Waals surface area (Å²) in [6.07, 6.45) is -1.32. The molecule has 3 aromatic rings. The predicted octanol–water partition coefficient (Wildman–Crippen LogP) is 4.11. The predicted molar refractivity (Wildman–Crippen MR) is 159 cm³/mol. The van der Waals surface area contributed by atoms with Gasteiger partial charge in [-0.2, -0.15) is 8.78 Å². The number of pyridine rings is 1. The molecule has 0 bridgehead atoms. The van der Waals surface area contributed by atoms with E-state index in [2.05, 4.69) is 10.6 Å². The van der Waals surface area contributed by atoms with Crippen LogP contribution in [0.5, 0.6) is 5.75 Å². The molecule has 0 saturated heterocycles. The van der Waals surface area contributed by atoms with Crippen LogP contribution in [0.25, 0.3) is 0 Å². The third kappa shape index (κ3) is 8.97. The molecule has 0 saturated carbocycles. The molecule has 3 atom stereocenters. The number of hydrogen-bond donors (Lipinski definition) is 4. The number of carbonyl (C=O) groups is 3. The molecule has 11 nitrogen and oxygen atoms in total. The molecule has 0 aliphatic carbocycles. The van der Waals surface area contributed by atoms with E-state index in [0.29, 0.717) is 0 Å². The third-order valence-electron chi connectivity index (χ3n) is 6.35. The highest BCUT2D eigenvalue weighted by Crippen LogP contribution is 2.27. The number of nitrogens with one attached hydrogen (secondary N) is 2. The fourth-order valence-electron chi connectivity index (χ4n) is 4.01. The van der Waals surface area contributed by atoms with Gasteiger partial charge in [-0.3, -0.25) is 19.2 Å². The fourth-order valence-corrected chi connectivity index (χ4v) is 4.19. The molecule has 1 aromatic heterocycles. The summed E-state index contributed by atoms with van der Waals surface area (Å²) >= 11 is 5.96. The van der Waals surface area contributed by atoms with Crippen LogP contribution < -0.4 is 26.7 Å². The van der Waals surface area contributed by atoms with Crippen LogP contribution in [-0.4, -0.2) is 51.8 Å². The van der Waals surface area contributed by atoms with Gasteiger partial charge < -0.3 is 35.5 Å². The Morgan fingerprint density at radius 2 is 1.70 bits per heavy atom. The lowest BCUT2D eigenvalue weighted by atomic mass is 10.1.